The molecule has 2 rings (SSSR count). The summed E-state index contributed by atoms with van der Waals surface area (Å²) in [5.74, 6) is 0.763. The van der Waals surface area contributed by atoms with Crippen molar-refractivity contribution in [2.45, 2.75) is 6.61 Å². The molecule has 0 aromatic carbocycles. The van der Waals surface area contributed by atoms with Crippen LogP contribution in [-0.2, 0) is 6.61 Å². The fraction of sp³-hybridized carbons (Fsp3) is 0.111. The summed E-state index contributed by atoms with van der Waals surface area (Å²) in [6.45, 7) is 0.488. The fourth-order valence-electron chi connectivity index (χ4n) is 0.932. The van der Waals surface area contributed by atoms with E-state index in [1.54, 1.807) is 29.9 Å². The van der Waals surface area contributed by atoms with Gasteiger partial charge in [0.05, 0.1) is 16.2 Å². The first-order valence-electron chi connectivity index (χ1n) is 3.97. The minimum Gasteiger partial charge on any atom is -0.485 e. The van der Waals surface area contributed by atoms with E-state index in [0.29, 0.717) is 6.61 Å². The molecule has 0 aliphatic rings. The molecule has 72 valence electrons. The average Bonchev–Trinajstić information content (AvgIpc) is 2.63. The normalized spacial score (nSPS) is 10.1. The van der Waals surface area contributed by atoms with E-state index >= 15 is 0 Å². The second-order valence-corrected chi connectivity index (χ2v) is 5.03. The van der Waals surface area contributed by atoms with Crippen LogP contribution in [0.2, 0.25) is 0 Å². The van der Waals surface area contributed by atoms with E-state index in [1.165, 1.54) is 0 Å². The van der Waals surface area contributed by atoms with Crippen molar-refractivity contribution in [1.29, 1.82) is 0 Å². The molecule has 0 atom stereocenters. The molecule has 0 unspecified atom stereocenters. The number of rotatable bonds is 3. The summed E-state index contributed by atoms with van der Waals surface area (Å²) in [4.78, 5) is 8.11. The van der Waals surface area contributed by atoms with Crippen LogP contribution >= 0.6 is 27.3 Å². The van der Waals surface area contributed by atoms with Gasteiger partial charge >= 0.3 is 0 Å². The quantitative estimate of drug-likeness (QED) is 0.861. The third-order valence-electron chi connectivity index (χ3n) is 1.52. The van der Waals surface area contributed by atoms with Gasteiger partial charge in [-0.15, -0.1) is 11.3 Å². The van der Waals surface area contributed by atoms with Crippen LogP contribution in [0.15, 0.2) is 34.5 Å². The van der Waals surface area contributed by atoms with Crippen LogP contribution in [0.4, 0.5) is 0 Å². The van der Waals surface area contributed by atoms with Crippen LogP contribution in [0.5, 0.6) is 5.75 Å². The maximum atomic E-state index is 5.47. The molecule has 14 heavy (non-hydrogen) atoms. The summed E-state index contributed by atoms with van der Waals surface area (Å²) in [5.41, 5.74) is 0. The lowest BCUT2D eigenvalue weighted by Crippen LogP contribution is -1.94. The van der Waals surface area contributed by atoms with Crippen molar-refractivity contribution < 1.29 is 4.74 Å². The Morgan fingerprint density at radius 1 is 1.43 bits per heavy atom. The van der Waals surface area contributed by atoms with Gasteiger partial charge in [-0.1, -0.05) is 0 Å². The van der Waals surface area contributed by atoms with Gasteiger partial charge in [-0.25, -0.2) is 4.98 Å². The molecule has 0 aliphatic carbocycles. The second kappa shape index (κ2) is 4.52. The maximum absolute atomic E-state index is 5.47. The van der Waals surface area contributed by atoms with E-state index in [0.717, 1.165) is 14.5 Å². The summed E-state index contributed by atoms with van der Waals surface area (Å²) in [5, 5.41) is 0.945. The molecule has 2 aromatic rings. The van der Waals surface area contributed by atoms with Crippen LogP contribution in [0.1, 0.15) is 5.01 Å². The predicted molar refractivity (Wildman–Crippen MR) is 58.4 cm³/mol. The molecule has 0 fully saturated rings. The number of ether oxygens (including phenoxy) is 1. The molecule has 0 N–H and O–H groups in total. The van der Waals surface area contributed by atoms with Crippen LogP contribution in [0.25, 0.3) is 0 Å². The van der Waals surface area contributed by atoms with Crippen molar-refractivity contribution in [3.8, 4) is 5.75 Å². The van der Waals surface area contributed by atoms with Crippen molar-refractivity contribution in [1.82, 2.24) is 9.97 Å². The van der Waals surface area contributed by atoms with Gasteiger partial charge in [0, 0.05) is 6.20 Å². The lowest BCUT2D eigenvalue weighted by Gasteiger charge is -2.01. The Hall–Kier alpha value is -0.940. The number of thiazole rings is 1. The number of hydrogen-bond acceptors (Lipinski definition) is 4. The molecule has 2 heterocycles. The van der Waals surface area contributed by atoms with Crippen LogP contribution in [0.3, 0.4) is 0 Å². The third-order valence-corrected chi connectivity index (χ3v) is 2.97. The predicted octanol–water partition coefficient (Wildman–Crippen LogP) is 2.88. The Kier molecular flexibility index (Phi) is 3.10. The van der Waals surface area contributed by atoms with Crippen LogP contribution in [0, 0.1) is 0 Å². The third kappa shape index (κ3) is 2.52. The van der Waals surface area contributed by atoms with Crippen molar-refractivity contribution in [3.63, 3.8) is 0 Å². The summed E-state index contributed by atoms with van der Waals surface area (Å²) in [7, 11) is 0. The van der Waals surface area contributed by atoms with Gasteiger partial charge in [-0.2, -0.15) is 0 Å². The molecule has 3 nitrogen and oxygen atoms in total. The van der Waals surface area contributed by atoms with E-state index in [2.05, 4.69) is 25.9 Å². The van der Waals surface area contributed by atoms with Gasteiger partial charge in [-0.05, 0) is 28.1 Å². The van der Waals surface area contributed by atoms with E-state index in [4.69, 9.17) is 4.74 Å². The first kappa shape index (κ1) is 9.61. The lowest BCUT2D eigenvalue weighted by molar-refractivity contribution is 0.304. The molecular formula is C9H7BrN2OS. The van der Waals surface area contributed by atoms with E-state index < -0.39 is 0 Å². The molecule has 0 saturated heterocycles. The van der Waals surface area contributed by atoms with Crippen molar-refractivity contribution in [2.75, 3.05) is 0 Å². The Morgan fingerprint density at radius 2 is 2.36 bits per heavy atom. The first-order valence-corrected chi connectivity index (χ1v) is 5.58. The Labute approximate surface area is 93.9 Å². The summed E-state index contributed by atoms with van der Waals surface area (Å²) in [6.07, 6.45) is 5.17. The molecule has 5 heteroatoms. The number of aromatic nitrogens is 2. The molecule has 0 bridgehead atoms. The number of halogens is 1. The van der Waals surface area contributed by atoms with Gasteiger partial charge in [0.25, 0.3) is 0 Å². The van der Waals surface area contributed by atoms with Crippen LogP contribution in [-0.4, -0.2) is 9.97 Å². The molecular weight excluding hydrogens is 264 g/mol. The molecule has 0 amide bonds. The van der Waals surface area contributed by atoms with Crippen LogP contribution < -0.4 is 4.74 Å². The zero-order chi connectivity index (χ0) is 9.80. The Morgan fingerprint density at radius 3 is 3.00 bits per heavy atom. The topological polar surface area (TPSA) is 35.0 Å². The highest BCUT2D eigenvalue weighted by Crippen LogP contribution is 2.20. The SMILES string of the molecule is Brc1cnc(COc2cccnc2)s1. The fourth-order valence-corrected chi connectivity index (χ4v) is 2.15. The maximum Gasteiger partial charge on any atom is 0.140 e. The van der Waals surface area contributed by atoms with E-state index in [-0.39, 0.29) is 0 Å². The van der Waals surface area contributed by atoms with Gasteiger partial charge in [0.1, 0.15) is 17.4 Å². The zero-order valence-electron chi connectivity index (χ0n) is 7.18. The minimum absolute atomic E-state index is 0.488. The van der Waals surface area contributed by atoms with E-state index in [9.17, 15) is 0 Å². The second-order valence-electron chi connectivity index (χ2n) is 2.54. The van der Waals surface area contributed by atoms with Gasteiger partial charge in [0.15, 0.2) is 0 Å². The van der Waals surface area contributed by atoms with Gasteiger partial charge in [0.2, 0.25) is 0 Å². The minimum atomic E-state index is 0.488. The highest BCUT2D eigenvalue weighted by Gasteiger charge is 2.00. The number of nitrogens with zero attached hydrogens (tertiary/aromatic N) is 2. The largest absolute Gasteiger partial charge is 0.485 e. The highest BCUT2D eigenvalue weighted by molar-refractivity contribution is 9.11. The van der Waals surface area contributed by atoms with Crippen molar-refractivity contribution in [3.05, 3.63) is 39.5 Å². The van der Waals surface area contributed by atoms with Crippen molar-refractivity contribution >= 4 is 27.3 Å². The molecule has 2 aromatic heterocycles. The summed E-state index contributed by atoms with van der Waals surface area (Å²) < 4.78 is 6.49. The molecule has 0 saturated carbocycles. The van der Waals surface area contributed by atoms with Gasteiger partial charge in [-0.3, -0.25) is 4.98 Å². The molecule has 0 radical (unpaired) electrons. The summed E-state index contributed by atoms with van der Waals surface area (Å²) >= 11 is 4.91. The molecule has 0 spiro atoms. The molecule has 0 aliphatic heterocycles. The standard InChI is InChI=1S/C9H7BrN2OS/c10-8-5-12-9(14-8)6-13-7-2-1-3-11-4-7/h1-5H,6H2. The zero-order valence-corrected chi connectivity index (χ0v) is 9.59. The average molecular weight is 271 g/mol. The van der Waals surface area contributed by atoms with Crippen molar-refractivity contribution in [2.24, 2.45) is 0 Å². The first-order chi connectivity index (χ1) is 6.84. The highest BCUT2D eigenvalue weighted by atomic mass is 79.9. The number of hydrogen-bond donors (Lipinski definition) is 0. The Balaban J connectivity index is 1.95. The lowest BCUT2D eigenvalue weighted by atomic mass is 10.5. The van der Waals surface area contributed by atoms with E-state index in [1.807, 2.05) is 12.1 Å². The van der Waals surface area contributed by atoms with Gasteiger partial charge < -0.3 is 4.74 Å². The summed E-state index contributed by atoms with van der Waals surface area (Å²) in [6, 6.07) is 3.71. The smallest absolute Gasteiger partial charge is 0.140 e. The monoisotopic (exact) mass is 270 g/mol. The Bertz CT molecular complexity index is 404. The number of pyridine rings is 1.